The number of nitriles is 1. The second-order valence-corrected chi connectivity index (χ2v) is 9.62. The molecule has 0 unspecified atom stereocenters. The number of rotatable bonds is 7. The number of hydrogen-bond donors (Lipinski definition) is 1. The fraction of sp³-hybridized carbons (Fsp3) is 0.160. The topological polar surface area (TPSA) is 82.4 Å². The second kappa shape index (κ2) is 10.1. The van der Waals surface area contributed by atoms with Crippen LogP contribution in [0.5, 0.6) is 0 Å². The van der Waals surface area contributed by atoms with Crippen LogP contribution < -0.4 is 5.48 Å². The van der Waals surface area contributed by atoms with Gasteiger partial charge in [0, 0.05) is 25.2 Å². The summed E-state index contributed by atoms with van der Waals surface area (Å²) in [6.45, 7) is 0.349. The van der Waals surface area contributed by atoms with Crippen molar-refractivity contribution in [1.29, 1.82) is 5.26 Å². The predicted molar refractivity (Wildman–Crippen MR) is 121 cm³/mol. The third-order valence-corrected chi connectivity index (χ3v) is 7.29. The summed E-state index contributed by atoms with van der Waals surface area (Å²) in [5.41, 5.74) is 5.18. The third kappa shape index (κ3) is 5.31. The van der Waals surface area contributed by atoms with E-state index in [9.17, 15) is 17.2 Å². The molecule has 3 aromatic carbocycles. The van der Waals surface area contributed by atoms with Gasteiger partial charge in [-0.1, -0.05) is 30.3 Å². The molecule has 0 saturated carbocycles. The summed E-state index contributed by atoms with van der Waals surface area (Å²) in [6.07, 6.45) is 1.44. The number of nitrogens with one attached hydrogen (secondary N) is 1. The molecule has 9 heteroatoms. The molecule has 0 amide bonds. The Hall–Kier alpha value is -3.58. The average molecular weight is 482 g/mol. The van der Waals surface area contributed by atoms with Crippen LogP contribution in [0.4, 0.5) is 8.78 Å². The van der Waals surface area contributed by atoms with Gasteiger partial charge in [-0.25, -0.2) is 17.2 Å². The quantitative estimate of drug-likeness (QED) is 0.505. The second-order valence-electron chi connectivity index (χ2n) is 7.69. The molecule has 1 heterocycles. The number of benzene rings is 3. The van der Waals surface area contributed by atoms with Crippen molar-refractivity contribution in [3.8, 4) is 6.07 Å². The molecule has 0 bridgehead atoms. The molecule has 0 radical (unpaired) electrons. The van der Waals surface area contributed by atoms with Crippen LogP contribution in [0.25, 0.3) is 0 Å². The van der Waals surface area contributed by atoms with Gasteiger partial charge in [-0.2, -0.15) is 9.57 Å². The lowest BCUT2D eigenvalue weighted by Gasteiger charge is -2.27. The Bertz CT molecular complexity index is 1290. The first-order valence-corrected chi connectivity index (χ1v) is 11.9. The summed E-state index contributed by atoms with van der Waals surface area (Å²) in [7, 11) is -3.75. The van der Waals surface area contributed by atoms with E-state index in [1.54, 1.807) is 36.4 Å². The van der Waals surface area contributed by atoms with Gasteiger partial charge in [0.1, 0.15) is 17.7 Å². The van der Waals surface area contributed by atoms with E-state index in [0.717, 1.165) is 0 Å². The Labute approximate surface area is 196 Å². The lowest BCUT2D eigenvalue weighted by Crippen LogP contribution is -2.37. The minimum Gasteiger partial charge on any atom is -0.270 e. The van der Waals surface area contributed by atoms with Crippen LogP contribution in [0.1, 0.15) is 29.2 Å². The van der Waals surface area contributed by atoms with Crippen LogP contribution in [0.15, 0.2) is 89.5 Å². The highest BCUT2D eigenvalue weighted by Crippen LogP contribution is 2.27. The fourth-order valence-electron chi connectivity index (χ4n) is 3.57. The normalized spacial score (nSPS) is 14.5. The Balaban J connectivity index is 1.47. The van der Waals surface area contributed by atoms with Crippen LogP contribution >= 0.6 is 0 Å². The van der Waals surface area contributed by atoms with Crippen molar-refractivity contribution in [3.05, 3.63) is 113 Å². The monoisotopic (exact) mass is 481 g/mol. The summed E-state index contributed by atoms with van der Waals surface area (Å²) in [6, 6.07) is 19.5. The van der Waals surface area contributed by atoms with Crippen LogP contribution in [0, 0.1) is 23.0 Å². The van der Waals surface area contributed by atoms with E-state index in [2.05, 4.69) is 5.48 Å². The maximum Gasteiger partial charge on any atom is 0.243 e. The van der Waals surface area contributed by atoms with Gasteiger partial charge < -0.3 is 0 Å². The highest BCUT2D eigenvalue weighted by atomic mass is 32.2. The zero-order valence-corrected chi connectivity index (χ0v) is 18.8. The Morgan fingerprint density at radius 2 is 1.59 bits per heavy atom. The molecule has 1 aliphatic rings. The maximum absolute atomic E-state index is 13.4. The van der Waals surface area contributed by atoms with Gasteiger partial charge in [-0.15, -0.1) is 0 Å². The number of sulfonamides is 1. The molecule has 0 fully saturated rings. The molecule has 3 aromatic rings. The summed E-state index contributed by atoms with van der Waals surface area (Å²) in [5.74, 6) is -0.766. The zero-order valence-electron chi connectivity index (χ0n) is 18.0. The SMILES string of the molecule is N#Cc1cccc(S(=O)(=O)N2CC=C(NOC(c3ccc(F)cc3)c3ccc(F)cc3)CC2)c1. The molecule has 174 valence electrons. The largest absolute Gasteiger partial charge is 0.270 e. The molecule has 4 rings (SSSR count). The van der Waals surface area contributed by atoms with Crippen molar-refractivity contribution in [2.24, 2.45) is 0 Å². The minimum absolute atomic E-state index is 0.0697. The highest BCUT2D eigenvalue weighted by molar-refractivity contribution is 7.89. The summed E-state index contributed by atoms with van der Waals surface area (Å²) in [4.78, 5) is 5.97. The summed E-state index contributed by atoms with van der Waals surface area (Å²) < 4.78 is 54.0. The molecule has 0 aromatic heterocycles. The van der Waals surface area contributed by atoms with Crippen LogP contribution in [-0.2, 0) is 14.9 Å². The van der Waals surface area contributed by atoms with E-state index in [-0.39, 0.29) is 35.2 Å². The lowest BCUT2D eigenvalue weighted by atomic mass is 10.0. The van der Waals surface area contributed by atoms with Crippen molar-refractivity contribution in [1.82, 2.24) is 9.79 Å². The maximum atomic E-state index is 13.4. The van der Waals surface area contributed by atoms with Gasteiger partial charge in [0.15, 0.2) is 0 Å². The minimum atomic E-state index is -3.75. The van der Waals surface area contributed by atoms with E-state index < -0.39 is 16.1 Å². The van der Waals surface area contributed by atoms with Crippen molar-refractivity contribution >= 4 is 10.0 Å². The smallest absolute Gasteiger partial charge is 0.243 e. The highest BCUT2D eigenvalue weighted by Gasteiger charge is 2.27. The molecule has 1 N–H and O–H groups in total. The van der Waals surface area contributed by atoms with Crippen LogP contribution in [0.2, 0.25) is 0 Å². The molecule has 1 aliphatic heterocycles. The molecular formula is C25H21F2N3O3S. The standard InChI is InChI=1S/C25H21F2N3O3S/c26-21-8-4-19(5-9-21)25(20-6-10-22(27)11-7-20)33-29-23-12-14-30(15-13-23)34(31,32)24-3-1-2-18(16-24)17-28/h1-12,16,25,29H,13-15H2. The van der Waals surface area contributed by atoms with E-state index in [4.69, 9.17) is 10.1 Å². The predicted octanol–water partition coefficient (Wildman–Crippen LogP) is 4.43. The van der Waals surface area contributed by atoms with Crippen LogP contribution in [0.3, 0.4) is 0 Å². The average Bonchev–Trinajstić information content (AvgIpc) is 2.86. The van der Waals surface area contributed by atoms with Gasteiger partial charge in [-0.05, 0) is 59.7 Å². The van der Waals surface area contributed by atoms with Gasteiger partial charge in [-0.3, -0.25) is 10.3 Å². The van der Waals surface area contributed by atoms with Crippen molar-refractivity contribution in [2.45, 2.75) is 17.4 Å². The first-order chi connectivity index (χ1) is 16.4. The Kier molecular flexibility index (Phi) is 7.03. The lowest BCUT2D eigenvalue weighted by molar-refractivity contribution is 0.0109. The Morgan fingerprint density at radius 1 is 0.971 bits per heavy atom. The zero-order chi connectivity index (χ0) is 24.1. The molecule has 0 aliphatic carbocycles. The first kappa shape index (κ1) is 23.6. The summed E-state index contributed by atoms with van der Waals surface area (Å²) >= 11 is 0. The molecule has 0 spiro atoms. The number of hydroxylamine groups is 1. The van der Waals surface area contributed by atoms with Crippen molar-refractivity contribution < 1.29 is 22.0 Å². The Morgan fingerprint density at radius 3 is 2.12 bits per heavy atom. The van der Waals surface area contributed by atoms with Gasteiger partial charge in [0.2, 0.25) is 10.0 Å². The number of hydrogen-bond acceptors (Lipinski definition) is 5. The van der Waals surface area contributed by atoms with Crippen molar-refractivity contribution in [3.63, 3.8) is 0 Å². The number of nitrogens with zero attached hydrogens (tertiary/aromatic N) is 2. The molecule has 0 atom stereocenters. The van der Waals surface area contributed by atoms with E-state index in [1.807, 2.05) is 6.07 Å². The van der Waals surface area contributed by atoms with Crippen LogP contribution in [-0.4, -0.2) is 25.8 Å². The van der Waals surface area contributed by atoms with Crippen molar-refractivity contribution in [2.75, 3.05) is 13.1 Å². The molecular weight excluding hydrogens is 460 g/mol. The molecule has 6 nitrogen and oxygen atoms in total. The van der Waals surface area contributed by atoms with E-state index in [0.29, 0.717) is 23.2 Å². The number of halogens is 2. The fourth-order valence-corrected chi connectivity index (χ4v) is 5.00. The molecule has 34 heavy (non-hydrogen) atoms. The molecule has 0 saturated heterocycles. The first-order valence-electron chi connectivity index (χ1n) is 10.5. The van der Waals surface area contributed by atoms with Gasteiger partial charge >= 0.3 is 0 Å². The third-order valence-electron chi connectivity index (χ3n) is 5.43. The van der Waals surface area contributed by atoms with Gasteiger partial charge in [0.05, 0.1) is 16.5 Å². The van der Waals surface area contributed by atoms with Gasteiger partial charge in [0.25, 0.3) is 0 Å². The van der Waals surface area contributed by atoms with E-state index in [1.165, 1.54) is 46.8 Å². The summed E-state index contributed by atoms with van der Waals surface area (Å²) in [5, 5.41) is 9.04. The van der Waals surface area contributed by atoms with E-state index >= 15 is 0 Å².